The van der Waals surface area contributed by atoms with Crippen LogP contribution in [0.25, 0.3) is 0 Å². The third-order valence-electron chi connectivity index (χ3n) is 2.51. The van der Waals surface area contributed by atoms with Crippen molar-refractivity contribution in [2.45, 2.75) is 6.92 Å². The fourth-order valence-corrected chi connectivity index (χ4v) is 2.39. The number of hydrogen-bond donors (Lipinski definition) is 0. The van der Waals surface area contributed by atoms with Crippen LogP contribution < -0.4 is 0 Å². The van der Waals surface area contributed by atoms with Crippen LogP contribution in [0.15, 0.2) is 18.2 Å². The molecule has 15 heavy (non-hydrogen) atoms. The minimum atomic E-state index is 0.0524. The molecular formula is C11H11ClINO. The minimum absolute atomic E-state index is 0.0524. The Bertz CT molecular complexity index is 402. The summed E-state index contributed by atoms with van der Waals surface area (Å²) >= 11 is 8.19. The minimum Gasteiger partial charge on any atom is -0.338 e. The Morgan fingerprint density at radius 2 is 2.20 bits per heavy atom. The van der Waals surface area contributed by atoms with E-state index in [1.165, 1.54) is 0 Å². The van der Waals surface area contributed by atoms with E-state index in [0.717, 1.165) is 16.7 Å². The van der Waals surface area contributed by atoms with E-state index in [1.807, 2.05) is 17.0 Å². The van der Waals surface area contributed by atoms with Crippen LogP contribution >= 0.6 is 34.2 Å². The van der Waals surface area contributed by atoms with E-state index >= 15 is 0 Å². The van der Waals surface area contributed by atoms with Gasteiger partial charge in [-0.1, -0.05) is 18.5 Å². The van der Waals surface area contributed by atoms with Gasteiger partial charge in [0.05, 0.1) is 10.6 Å². The zero-order chi connectivity index (χ0) is 11.0. The highest BCUT2D eigenvalue weighted by Gasteiger charge is 2.28. The topological polar surface area (TPSA) is 20.3 Å². The van der Waals surface area contributed by atoms with Gasteiger partial charge in [0.25, 0.3) is 5.91 Å². The highest BCUT2D eigenvalue weighted by Crippen LogP contribution is 2.24. The molecule has 0 N–H and O–H groups in total. The van der Waals surface area contributed by atoms with Gasteiger partial charge in [-0.05, 0) is 46.7 Å². The smallest absolute Gasteiger partial charge is 0.255 e. The maximum Gasteiger partial charge on any atom is 0.255 e. The van der Waals surface area contributed by atoms with Gasteiger partial charge >= 0.3 is 0 Å². The second kappa shape index (κ2) is 4.29. The fraction of sp³-hybridized carbons (Fsp3) is 0.364. The van der Waals surface area contributed by atoms with Crippen molar-refractivity contribution < 1.29 is 4.79 Å². The van der Waals surface area contributed by atoms with E-state index in [0.29, 0.717) is 16.5 Å². The molecule has 1 aliphatic heterocycles. The third kappa shape index (κ3) is 2.28. The summed E-state index contributed by atoms with van der Waals surface area (Å²) in [4.78, 5) is 13.8. The lowest BCUT2D eigenvalue weighted by molar-refractivity contribution is 0.0530. The molecule has 0 atom stereocenters. The number of carbonyl (C=O) groups is 1. The number of nitrogens with zero attached hydrogens (tertiary/aromatic N) is 1. The monoisotopic (exact) mass is 335 g/mol. The summed E-state index contributed by atoms with van der Waals surface area (Å²) in [5, 5.41) is 0.542. The first-order chi connectivity index (χ1) is 7.08. The Kier molecular flexibility index (Phi) is 3.21. The molecule has 2 rings (SSSR count). The molecule has 1 aliphatic rings. The number of hydrogen-bond acceptors (Lipinski definition) is 1. The number of benzene rings is 1. The highest BCUT2D eigenvalue weighted by molar-refractivity contribution is 14.1. The van der Waals surface area contributed by atoms with Crippen LogP contribution in [0.4, 0.5) is 0 Å². The first-order valence-corrected chi connectivity index (χ1v) is 6.28. The van der Waals surface area contributed by atoms with Crippen LogP contribution in [0.3, 0.4) is 0 Å². The molecule has 0 spiro atoms. The molecule has 1 fully saturated rings. The van der Waals surface area contributed by atoms with E-state index < -0.39 is 0 Å². The standard InChI is InChI=1S/C11H11ClINO/c1-7-5-14(6-7)11(15)9-4-8(13)2-3-10(9)12/h2-4,7H,5-6H2,1H3. The first-order valence-electron chi connectivity index (χ1n) is 4.82. The molecule has 2 nitrogen and oxygen atoms in total. The van der Waals surface area contributed by atoms with Crippen molar-refractivity contribution in [1.29, 1.82) is 0 Å². The number of rotatable bonds is 1. The summed E-state index contributed by atoms with van der Waals surface area (Å²) in [6, 6.07) is 5.52. The molecule has 0 unspecified atom stereocenters. The lowest BCUT2D eigenvalue weighted by Crippen LogP contribution is -2.48. The van der Waals surface area contributed by atoms with Crippen molar-refractivity contribution in [2.24, 2.45) is 5.92 Å². The largest absolute Gasteiger partial charge is 0.338 e. The summed E-state index contributed by atoms with van der Waals surface area (Å²) in [6.07, 6.45) is 0. The van der Waals surface area contributed by atoms with Gasteiger partial charge in [-0.15, -0.1) is 0 Å². The van der Waals surface area contributed by atoms with Gasteiger partial charge in [-0.2, -0.15) is 0 Å². The Hall–Kier alpha value is -0.290. The van der Waals surface area contributed by atoms with Crippen LogP contribution in [-0.2, 0) is 0 Å². The maximum atomic E-state index is 12.0. The predicted molar refractivity (Wildman–Crippen MR) is 69.2 cm³/mol. The highest BCUT2D eigenvalue weighted by atomic mass is 127. The Labute approximate surface area is 108 Å². The molecule has 1 heterocycles. The van der Waals surface area contributed by atoms with Gasteiger partial charge in [0.2, 0.25) is 0 Å². The van der Waals surface area contributed by atoms with Crippen molar-refractivity contribution in [1.82, 2.24) is 4.90 Å². The third-order valence-corrected chi connectivity index (χ3v) is 3.51. The molecule has 0 aromatic heterocycles. The van der Waals surface area contributed by atoms with Crippen LogP contribution in [0.1, 0.15) is 17.3 Å². The predicted octanol–water partition coefficient (Wildman–Crippen LogP) is 3.04. The van der Waals surface area contributed by atoms with E-state index in [-0.39, 0.29) is 5.91 Å². The summed E-state index contributed by atoms with van der Waals surface area (Å²) in [6.45, 7) is 3.83. The summed E-state index contributed by atoms with van der Waals surface area (Å²) in [5.74, 6) is 0.673. The van der Waals surface area contributed by atoms with E-state index in [4.69, 9.17) is 11.6 Å². The SMILES string of the molecule is CC1CN(C(=O)c2cc(I)ccc2Cl)C1. The second-order valence-electron chi connectivity index (χ2n) is 3.94. The van der Waals surface area contributed by atoms with Gasteiger partial charge in [-0.3, -0.25) is 4.79 Å². The van der Waals surface area contributed by atoms with E-state index in [2.05, 4.69) is 29.5 Å². The van der Waals surface area contributed by atoms with Crippen molar-refractivity contribution in [3.8, 4) is 0 Å². The Morgan fingerprint density at radius 3 is 2.80 bits per heavy atom. The molecule has 1 amide bonds. The zero-order valence-corrected chi connectivity index (χ0v) is 11.2. The second-order valence-corrected chi connectivity index (χ2v) is 5.59. The molecule has 4 heteroatoms. The number of amides is 1. The average Bonchev–Trinajstić information content (AvgIpc) is 2.16. The quantitative estimate of drug-likeness (QED) is 0.723. The summed E-state index contributed by atoms with van der Waals surface area (Å²) in [5.41, 5.74) is 0.621. The molecule has 80 valence electrons. The molecule has 1 saturated heterocycles. The molecule has 0 saturated carbocycles. The Morgan fingerprint density at radius 1 is 1.53 bits per heavy atom. The number of halogens is 2. The van der Waals surface area contributed by atoms with Crippen molar-refractivity contribution in [3.63, 3.8) is 0 Å². The summed E-state index contributed by atoms with van der Waals surface area (Å²) in [7, 11) is 0. The van der Waals surface area contributed by atoms with Crippen LogP contribution in [0.5, 0.6) is 0 Å². The zero-order valence-electron chi connectivity index (χ0n) is 8.34. The van der Waals surface area contributed by atoms with Gasteiger partial charge in [0.15, 0.2) is 0 Å². The van der Waals surface area contributed by atoms with Crippen LogP contribution in [0.2, 0.25) is 5.02 Å². The molecule has 0 radical (unpaired) electrons. The number of likely N-dealkylation sites (tertiary alicyclic amines) is 1. The average molecular weight is 336 g/mol. The number of carbonyl (C=O) groups excluding carboxylic acids is 1. The van der Waals surface area contributed by atoms with Crippen molar-refractivity contribution in [2.75, 3.05) is 13.1 Å². The van der Waals surface area contributed by atoms with Crippen LogP contribution in [0, 0.1) is 9.49 Å². The van der Waals surface area contributed by atoms with Gasteiger partial charge < -0.3 is 4.90 Å². The van der Waals surface area contributed by atoms with Gasteiger partial charge in [0, 0.05) is 16.7 Å². The van der Waals surface area contributed by atoms with E-state index in [9.17, 15) is 4.79 Å². The van der Waals surface area contributed by atoms with E-state index in [1.54, 1.807) is 6.07 Å². The Balaban J connectivity index is 2.22. The molecule has 0 bridgehead atoms. The van der Waals surface area contributed by atoms with Crippen molar-refractivity contribution >= 4 is 40.1 Å². The lowest BCUT2D eigenvalue weighted by Gasteiger charge is -2.37. The molecular weight excluding hydrogens is 324 g/mol. The first kappa shape index (κ1) is 11.2. The molecule has 1 aromatic carbocycles. The summed E-state index contributed by atoms with van der Waals surface area (Å²) < 4.78 is 1.04. The van der Waals surface area contributed by atoms with Crippen molar-refractivity contribution in [3.05, 3.63) is 32.4 Å². The molecule has 0 aliphatic carbocycles. The van der Waals surface area contributed by atoms with Crippen LogP contribution in [-0.4, -0.2) is 23.9 Å². The van der Waals surface area contributed by atoms with Gasteiger partial charge in [-0.25, -0.2) is 0 Å². The van der Waals surface area contributed by atoms with Gasteiger partial charge in [0.1, 0.15) is 0 Å². The lowest BCUT2D eigenvalue weighted by atomic mass is 10.0. The fourth-order valence-electron chi connectivity index (χ4n) is 1.70. The molecule has 1 aromatic rings. The normalized spacial score (nSPS) is 16.3. The maximum absolute atomic E-state index is 12.0.